The van der Waals surface area contributed by atoms with E-state index in [-0.39, 0.29) is 11.8 Å². The summed E-state index contributed by atoms with van der Waals surface area (Å²) in [6.45, 7) is 2.42. The van der Waals surface area contributed by atoms with Gasteiger partial charge < -0.3 is 15.4 Å². The second-order valence-corrected chi connectivity index (χ2v) is 5.53. The molecule has 2 N–H and O–H groups in total. The van der Waals surface area contributed by atoms with Crippen LogP contribution < -0.4 is 15.4 Å². The topological polar surface area (TPSA) is 59.1 Å². The highest BCUT2D eigenvalue weighted by molar-refractivity contribution is 5.63. The molecule has 0 atom stereocenters. The number of alkyl halides is 3. The Balaban J connectivity index is 1.87. The molecule has 0 radical (unpaired) electrons. The number of nitrogens with one attached hydrogen (secondary N) is 2. The molecule has 8 heteroatoms. The Morgan fingerprint density at radius 3 is 2.22 bits per heavy atom. The molecule has 5 nitrogen and oxygen atoms in total. The van der Waals surface area contributed by atoms with Crippen molar-refractivity contribution in [3.05, 3.63) is 66.4 Å². The molecule has 0 amide bonds. The second-order valence-electron chi connectivity index (χ2n) is 5.53. The quantitative estimate of drug-likeness (QED) is 0.606. The number of halogens is 3. The molecule has 0 aliphatic rings. The fraction of sp³-hybridized carbons (Fsp3) is 0.158. The van der Waals surface area contributed by atoms with Gasteiger partial charge in [-0.1, -0.05) is 18.2 Å². The van der Waals surface area contributed by atoms with Crippen LogP contribution in [0, 0.1) is 0 Å². The van der Waals surface area contributed by atoms with E-state index in [0.717, 1.165) is 6.20 Å². The summed E-state index contributed by atoms with van der Waals surface area (Å²) in [5, 5.41) is 5.59. The minimum Gasteiger partial charge on any atom is -0.494 e. The summed E-state index contributed by atoms with van der Waals surface area (Å²) in [6, 6.07) is 15.5. The van der Waals surface area contributed by atoms with Crippen molar-refractivity contribution < 1.29 is 17.9 Å². The maximum Gasteiger partial charge on any atom is 0.421 e. The van der Waals surface area contributed by atoms with Crippen LogP contribution >= 0.6 is 0 Å². The van der Waals surface area contributed by atoms with Crippen molar-refractivity contribution in [2.24, 2.45) is 0 Å². The highest BCUT2D eigenvalue weighted by atomic mass is 19.4. The molecule has 3 aromatic rings. The Bertz CT molecular complexity index is 884. The van der Waals surface area contributed by atoms with Crippen molar-refractivity contribution in [1.82, 2.24) is 9.97 Å². The lowest BCUT2D eigenvalue weighted by Crippen LogP contribution is -2.12. The Hall–Kier alpha value is -3.29. The van der Waals surface area contributed by atoms with Crippen molar-refractivity contribution in [3.8, 4) is 5.75 Å². The van der Waals surface area contributed by atoms with Gasteiger partial charge in [-0.2, -0.15) is 18.2 Å². The lowest BCUT2D eigenvalue weighted by Gasteiger charge is -2.15. The van der Waals surface area contributed by atoms with Gasteiger partial charge in [-0.3, -0.25) is 0 Å². The SMILES string of the molecule is CCOc1ccc(Nc2ncc(C(F)(F)F)c(Nc3ccccc3)n2)cc1. The van der Waals surface area contributed by atoms with Gasteiger partial charge >= 0.3 is 6.18 Å². The number of benzene rings is 2. The smallest absolute Gasteiger partial charge is 0.421 e. The molecule has 0 aliphatic heterocycles. The third kappa shape index (κ3) is 4.87. The van der Waals surface area contributed by atoms with Gasteiger partial charge in [-0.15, -0.1) is 0 Å². The van der Waals surface area contributed by atoms with E-state index >= 15 is 0 Å². The van der Waals surface area contributed by atoms with E-state index in [4.69, 9.17) is 4.74 Å². The van der Waals surface area contributed by atoms with Crippen LogP contribution in [0.1, 0.15) is 12.5 Å². The van der Waals surface area contributed by atoms with Gasteiger partial charge in [0, 0.05) is 17.6 Å². The Morgan fingerprint density at radius 2 is 1.59 bits per heavy atom. The van der Waals surface area contributed by atoms with Gasteiger partial charge in [0.25, 0.3) is 0 Å². The number of nitrogens with zero attached hydrogens (tertiary/aromatic N) is 2. The van der Waals surface area contributed by atoms with Crippen molar-refractivity contribution in [1.29, 1.82) is 0 Å². The van der Waals surface area contributed by atoms with Gasteiger partial charge in [-0.05, 0) is 43.3 Å². The fourth-order valence-corrected chi connectivity index (χ4v) is 2.33. The first kappa shape index (κ1) is 18.5. The molecule has 140 valence electrons. The minimum absolute atomic E-state index is 0.0468. The molecule has 0 spiro atoms. The summed E-state index contributed by atoms with van der Waals surface area (Å²) in [6.07, 6.45) is -3.82. The summed E-state index contributed by atoms with van der Waals surface area (Å²) in [5.41, 5.74) is 0.182. The maximum absolute atomic E-state index is 13.3. The lowest BCUT2D eigenvalue weighted by molar-refractivity contribution is -0.137. The number of anilines is 4. The lowest BCUT2D eigenvalue weighted by atomic mass is 10.2. The molecule has 3 rings (SSSR count). The van der Waals surface area contributed by atoms with Crippen molar-refractivity contribution in [2.45, 2.75) is 13.1 Å². The number of hydrogen-bond donors (Lipinski definition) is 2. The molecular formula is C19H17F3N4O. The first-order valence-electron chi connectivity index (χ1n) is 8.22. The number of rotatable bonds is 6. The average Bonchev–Trinajstić information content (AvgIpc) is 2.64. The highest BCUT2D eigenvalue weighted by Crippen LogP contribution is 2.35. The average molecular weight is 374 g/mol. The van der Waals surface area contributed by atoms with Crippen molar-refractivity contribution in [2.75, 3.05) is 17.2 Å². The third-order valence-electron chi connectivity index (χ3n) is 3.55. The largest absolute Gasteiger partial charge is 0.494 e. The van der Waals surface area contributed by atoms with Gasteiger partial charge in [-0.25, -0.2) is 4.98 Å². The zero-order valence-corrected chi connectivity index (χ0v) is 14.4. The number of hydrogen-bond acceptors (Lipinski definition) is 5. The van der Waals surface area contributed by atoms with Crippen molar-refractivity contribution in [3.63, 3.8) is 0 Å². The Labute approximate surface area is 154 Å². The second kappa shape index (κ2) is 7.94. The molecule has 0 unspecified atom stereocenters. The molecular weight excluding hydrogens is 357 g/mol. The summed E-state index contributed by atoms with van der Waals surface area (Å²) in [4.78, 5) is 7.79. The molecule has 0 saturated heterocycles. The predicted octanol–water partition coefficient (Wildman–Crippen LogP) is 5.38. The van der Waals surface area contributed by atoms with Crippen molar-refractivity contribution >= 4 is 23.1 Å². The van der Waals surface area contributed by atoms with Gasteiger partial charge in [0.1, 0.15) is 17.1 Å². The van der Waals surface area contributed by atoms with E-state index in [1.165, 1.54) is 0 Å². The molecule has 1 aromatic heterocycles. The van der Waals surface area contributed by atoms with Gasteiger partial charge in [0.05, 0.1) is 6.61 Å². The standard InChI is InChI=1S/C19H17F3N4O/c1-2-27-15-10-8-14(9-11-15)25-18-23-12-16(19(20,21)22)17(26-18)24-13-6-4-3-5-7-13/h3-12H,2H2,1H3,(H2,23,24,25,26). The molecule has 0 aliphatic carbocycles. The normalized spacial score (nSPS) is 11.1. The van der Waals surface area contributed by atoms with Crippen LogP contribution in [-0.2, 0) is 6.18 Å². The maximum atomic E-state index is 13.3. The molecule has 0 bridgehead atoms. The van der Waals surface area contributed by atoms with E-state index in [9.17, 15) is 13.2 Å². The number of aromatic nitrogens is 2. The van der Waals surface area contributed by atoms with Gasteiger partial charge in [0.15, 0.2) is 0 Å². The zero-order chi connectivity index (χ0) is 19.3. The van der Waals surface area contributed by atoms with Crippen LogP contribution in [0.15, 0.2) is 60.8 Å². The number of ether oxygens (including phenoxy) is 1. The minimum atomic E-state index is -4.57. The van der Waals surface area contributed by atoms with E-state index in [0.29, 0.717) is 23.7 Å². The van der Waals surface area contributed by atoms with Crippen LogP contribution in [0.2, 0.25) is 0 Å². The highest BCUT2D eigenvalue weighted by Gasteiger charge is 2.35. The Kier molecular flexibility index (Phi) is 5.44. The zero-order valence-electron chi connectivity index (χ0n) is 14.4. The van der Waals surface area contributed by atoms with Gasteiger partial charge in [0.2, 0.25) is 5.95 Å². The molecule has 0 saturated carbocycles. The summed E-state index contributed by atoms with van der Waals surface area (Å²) >= 11 is 0. The van der Waals surface area contributed by atoms with Crippen LogP contribution in [0.3, 0.4) is 0 Å². The third-order valence-corrected chi connectivity index (χ3v) is 3.55. The Morgan fingerprint density at radius 1 is 0.926 bits per heavy atom. The summed E-state index contributed by atoms with van der Waals surface area (Å²) in [7, 11) is 0. The van der Waals surface area contributed by atoms with E-state index in [1.54, 1.807) is 54.6 Å². The van der Waals surface area contributed by atoms with E-state index in [2.05, 4.69) is 20.6 Å². The first-order valence-corrected chi connectivity index (χ1v) is 8.22. The first-order chi connectivity index (χ1) is 13.0. The van der Waals surface area contributed by atoms with E-state index < -0.39 is 11.7 Å². The summed E-state index contributed by atoms with van der Waals surface area (Å²) in [5.74, 6) is 0.422. The monoisotopic (exact) mass is 374 g/mol. The molecule has 0 fully saturated rings. The molecule has 2 aromatic carbocycles. The number of para-hydroxylation sites is 1. The molecule has 1 heterocycles. The van der Waals surface area contributed by atoms with Crippen LogP contribution in [0.4, 0.5) is 36.3 Å². The van der Waals surface area contributed by atoms with Crippen LogP contribution in [0.5, 0.6) is 5.75 Å². The van der Waals surface area contributed by atoms with E-state index in [1.807, 2.05) is 6.92 Å². The fourth-order valence-electron chi connectivity index (χ4n) is 2.33. The predicted molar refractivity (Wildman–Crippen MR) is 97.7 cm³/mol. The van der Waals surface area contributed by atoms with Crippen LogP contribution in [0.25, 0.3) is 0 Å². The molecule has 27 heavy (non-hydrogen) atoms. The van der Waals surface area contributed by atoms with Crippen LogP contribution in [-0.4, -0.2) is 16.6 Å². The summed E-state index contributed by atoms with van der Waals surface area (Å²) < 4.78 is 45.2.